The molecule has 118 valence electrons. The van der Waals surface area contributed by atoms with Crippen LogP contribution in [0.1, 0.15) is 24.0 Å². The molecule has 22 heavy (non-hydrogen) atoms. The lowest BCUT2D eigenvalue weighted by Gasteiger charge is -2.35. The van der Waals surface area contributed by atoms with Crippen LogP contribution in [-0.4, -0.2) is 42.4 Å². The molecule has 0 amide bonds. The van der Waals surface area contributed by atoms with Crippen molar-refractivity contribution >= 4 is 16.6 Å². The molecule has 0 aliphatic carbocycles. The summed E-state index contributed by atoms with van der Waals surface area (Å²) in [5, 5.41) is 13.6. The second kappa shape index (κ2) is 6.63. The fourth-order valence-corrected chi connectivity index (χ4v) is 3.45. The molecule has 1 aliphatic heterocycles. The van der Waals surface area contributed by atoms with E-state index in [4.69, 9.17) is 5.11 Å². The zero-order valence-corrected chi connectivity index (χ0v) is 13.5. The predicted molar refractivity (Wildman–Crippen MR) is 91.5 cm³/mol. The van der Waals surface area contributed by atoms with Gasteiger partial charge in [-0.25, -0.2) is 0 Å². The average Bonchev–Trinajstić information content (AvgIpc) is 2.54. The molecule has 1 aromatic carbocycles. The highest BCUT2D eigenvalue weighted by Crippen LogP contribution is 2.32. The smallest absolute Gasteiger partial charge is 0.0752 e. The fraction of sp³-hybridized carbons (Fsp3) is 0.500. The first-order valence-electron chi connectivity index (χ1n) is 8.15. The van der Waals surface area contributed by atoms with Crippen LogP contribution in [0, 0.1) is 13.8 Å². The van der Waals surface area contributed by atoms with Crippen LogP contribution in [0.2, 0.25) is 0 Å². The summed E-state index contributed by atoms with van der Waals surface area (Å²) in [4.78, 5) is 7.12. The summed E-state index contributed by atoms with van der Waals surface area (Å²) in [6.45, 7) is 7.29. The number of benzene rings is 1. The van der Waals surface area contributed by atoms with E-state index in [1.807, 2.05) is 6.20 Å². The molecule has 1 fully saturated rings. The molecule has 0 radical (unpaired) electrons. The maximum absolute atomic E-state index is 8.93. The molecule has 0 bridgehead atoms. The first-order valence-corrected chi connectivity index (χ1v) is 8.15. The summed E-state index contributed by atoms with van der Waals surface area (Å²) in [6, 6.07) is 6.96. The number of hydrogen-bond acceptors (Lipinski definition) is 4. The second-order valence-electron chi connectivity index (χ2n) is 6.20. The number of anilines is 1. The number of aryl methyl sites for hydroxylation is 2. The van der Waals surface area contributed by atoms with E-state index >= 15 is 0 Å². The minimum Gasteiger partial charge on any atom is -0.395 e. The van der Waals surface area contributed by atoms with Crippen molar-refractivity contribution in [3.8, 4) is 0 Å². The Bertz CT molecular complexity index is 648. The van der Waals surface area contributed by atoms with Crippen molar-refractivity contribution in [2.24, 2.45) is 0 Å². The number of aromatic nitrogens is 1. The summed E-state index contributed by atoms with van der Waals surface area (Å²) < 4.78 is 0. The lowest BCUT2D eigenvalue weighted by Crippen LogP contribution is -2.43. The minimum atomic E-state index is 0.216. The number of nitrogens with one attached hydrogen (secondary N) is 1. The predicted octanol–water partition coefficient (Wildman–Crippen LogP) is 2.40. The number of hydrogen-bond donors (Lipinski definition) is 2. The van der Waals surface area contributed by atoms with Crippen molar-refractivity contribution in [2.75, 3.05) is 31.1 Å². The highest BCUT2D eigenvalue weighted by molar-refractivity contribution is 5.94. The standard InChI is InChI=1S/C18H25N3O/c1-13-4-3-5-16-17(13)20-12-14(2)18(16)21-9-6-15(7-10-21)19-8-11-22/h3-5,12,15,19,22H,6-11H2,1-2H3. The quantitative estimate of drug-likeness (QED) is 0.910. The van der Waals surface area contributed by atoms with E-state index in [0.717, 1.165) is 31.4 Å². The minimum absolute atomic E-state index is 0.216. The lowest BCUT2D eigenvalue weighted by atomic mass is 10.0. The van der Waals surface area contributed by atoms with Gasteiger partial charge in [0.1, 0.15) is 0 Å². The van der Waals surface area contributed by atoms with Gasteiger partial charge >= 0.3 is 0 Å². The molecule has 2 aromatic rings. The van der Waals surface area contributed by atoms with Gasteiger partial charge in [0.2, 0.25) is 0 Å². The maximum atomic E-state index is 8.93. The molecule has 3 rings (SSSR count). The SMILES string of the molecule is Cc1cnc2c(C)cccc2c1N1CCC(NCCO)CC1. The summed E-state index contributed by atoms with van der Waals surface area (Å²) in [6.07, 6.45) is 4.24. The zero-order valence-electron chi connectivity index (χ0n) is 13.5. The Morgan fingerprint density at radius 3 is 2.73 bits per heavy atom. The van der Waals surface area contributed by atoms with Gasteiger partial charge in [-0.1, -0.05) is 18.2 Å². The van der Waals surface area contributed by atoms with Gasteiger partial charge in [-0.2, -0.15) is 0 Å². The Morgan fingerprint density at radius 2 is 2.00 bits per heavy atom. The molecule has 0 unspecified atom stereocenters. The number of fused-ring (bicyclic) bond motifs is 1. The number of piperidine rings is 1. The van der Waals surface area contributed by atoms with E-state index in [1.54, 1.807) is 0 Å². The zero-order chi connectivity index (χ0) is 15.5. The van der Waals surface area contributed by atoms with Gasteiger partial charge in [0.25, 0.3) is 0 Å². The molecule has 0 spiro atoms. The first-order chi connectivity index (χ1) is 10.7. The molecular formula is C18H25N3O. The van der Waals surface area contributed by atoms with Crippen LogP contribution in [0.3, 0.4) is 0 Å². The number of nitrogens with zero attached hydrogens (tertiary/aromatic N) is 2. The number of para-hydroxylation sites is 1. The summed E-state index contributed by atoms with van der Waals surface area (Å²) in [7, 11) is 0. The third-order valence-electron chi connectivity index (χ3n) is 4.61. The van der Waals surface area contributed by atoms with Crippen LogP contribution in [0.5, 0.6) is 0 Å². The fourth-order valence-electron chi connectivity index (χ4n) is 3.45. The Hall–Kier alpha value is -1.65. The van der Waals surface area contributed by atoms with Gasteiger partial charge in [0.15, 0.2) is 0 Å². The van der Waals surface area contributed by atoms with Crippen LogP contribution in [0.25, 0.3) is 10.9 Å². The number of aliphatic hydroxyl groups is 1. The maximum Gasteiger partial charge on any atom is 0.0752 e. The van der Waals surface area contributed by atoms with Gasteiger partial charge < -0.3 is 15.3 Å². The van der Waals surface area contributed by atoms with Crippen LogP contribution in [0.4, 0.5) is 5.69 Å². The highest BCUT2D eigenvalue weighted by Gasteiger charge is 2.21. The van der Waals surface area contributed by atoms with Gasteiger partial charge in [-0.3, -0.25) is 4.98 Å². The number of aliphatic hydroxyl groups excluding tert-OH is 1. The van der Waals surface area contributed by atoms with Crippen molar-refractivity contribution in [1.29, 1.82) is 0 Å². The van der Waals surface area contributed by atoms with Gasteiger partial charge in [-0.15, -0.1) is 0 Å². The van der Waals surface area contributed by atoms with Crippen LogP contribution in [-0.2, 0) is 0 Å². The third kappa shape index (κ3) is 2.94. The highest BCUT2D eigenvalue weighted by atomic mass is 16.3. The van der Waals surface area contributed by atoms with Crippen molar-refractivity contribution in [3.63, 3.8) is 0 Å². The van der Waals surface area contributed by atoms with Gasteiger partial charge in [0.05, 0.1) is 17.8 Å². The molecule has 0 atom stereocenters. The largest absolute Gasteiger partial charge is 0.395 e. The molecule has 4 nitrogen and oxygen atoms in total. The van der Waals surface area contributed by atoms with Crippen molar-refractivity contribution < 1.29 is 5.11 Å². The summed E-state index contributed by atoms with van der Waals surface area (Å²) >= 11 is 0. The van der Waals surface area contributed by atoms with E-state index in [1.165, 1.54) is 22.2 Å². The first kappa shape index (κ1) is 15.3. The molecule has 1 saturated heterocycles. The van der Waals surface area contributed by atoms with E-state index in [-0.39, 0.29) is 6.61 Å². The Labute approximate surface area is 132 Å². The molecule has 2 N–H and O–H groups in total. The molecule has 1 aromatic heterocycles. The molecule has 2 heterocycles. The Balaban J connectivity index is 1.85. The summed E-state index contributed by atoms with van der Waals surface area (Å²) in [5.74, 6) is 0. The summed E-state index contributed by atoms with van der Waals surface area (Å²) in [5.41, 5.74) is 4.94. The molecular weight excluding hydrogens is 274 g/mol. The third-order valence-corrected chi connectivity index (χ3v) is 4.61. The monoisotopic (exact) mass is 299 g/mol. The second-order valence-corrected chi connectivity index (χ2v) is 6.20. The van der Waals surface area contributed by atoms with Gasteiger partial charge in [0, 0.05) is 37.3 Å². The normalized spacial score (nSPS) is 16.4. The molecule has 0 saturated carbocycles. The van der Waals surface area contributed by atoms with Crippen LogP contribution < -0.4 is 10.2 Å². The van der Waals surface area contributed by atoms with Crippen molar-refractivity contribution in [1.82, 2.24) is 10.3 Å². The molecule has 1 aliphatic rings. The lowest BCUT2D eigenvalue weighted by molar-refractivity contribution is 0.277. The van der Waals surface area contributed by atoms with E-state index in [2.05, 4.69) is 47.2 Å². The van der Waals surface area contributed by atoms with Crippen LogP contribution >= 0.6 is 0 Å². The van der Waals surface area contributed by atoms with E-state index in [9.17, 15) is 0 Å². The Morgan fingerprint density at radius 1 is 1.23 bits per heavy atom. The van der Waals surface area contributed by atoms with Crippen LogP contribution in [0.15, 0.2) is 24.4 Å². The number of rotatable bonds is 4. The Kier molecular flexibility index (Phi) is 4.60. The van der Waals surface area contributed by atoms with Gasteiger partial charge in [-0.05, 0) is 37.8 Å². The topological polar surface area (TPSA) is 48.4 Å². The number of pyridine rings is 1. The van der Waals surface area contributed by atoms with Crippen molar-refractivity contribution in [3.05, 3.63) is 35.5 Å². The van der Waals surface area contributed by atoms with E-state index in [0.29, 0.717) is 12.6 Å². The molecule has 4 heteroatoms. The average molecular weight is 299 g/mol. The van der Waals surface area contributed by atoms with Crippen molar-refractivity contribution in [2.45, 2.75) is 32.7 Å². The van der Waals surface area contributed by atoms with E-state index < -0.39 is 0 Å².